The molecule has 0 aliphatic carbocycles. The summed E-state index contributed by atoms with van der Waals surface area (Å²) in [6.07, 6.45) is 0.834. The van der Waals surface area contributed by atoms with Crippen molar-refractivity contribution in [1.29, 1.82) is 0 Å². The Kier molecular flexibility index (Phi) is 8.52. The number of carbonyl (C=O) groups excluding carboxylic acids is 2. The van der Waals surface area contributed by atoms with Crippen molar-refractivity contribution in [3.63, 3.8) is 0 Å². The zero-order valence-corrected chi connectivity index (χ0v) is 17.6. The van der Waals surface area contributed by atoms with Crippen LogP contribution in [0, 0.1) is 6.92 Å². The Morgan fingerprint density at radius 1 is 1.07 bits per heavy atom. The van der Waals surface area contributed by atoms with Crippen LogP contribution >= 0.6 is 0 Å². The quantitative estimate of drug-likeness (QED) is 0.667. The Morgan fingerprint density at radius 3 is 2.38 bits per heavy atom. The van der Waals surface area contributed by atoms with Crippen LogP contribution in [0.2, 0.25) is 0 Å². The van der Waals surface area contributed by atoms with E-state index in [1.165, 1.54) is 0 Å². The number of ether oxygens (including phenoxy) is 2. The highest BCUT2D eigenvalue weighted by molar-refractivity contribution is 5.88. The van der Waals surface area contributed by atoms with Crippen molar-refractivity contribution in [2.45, 2.75) is 39.8 Å². The van der Waals surface area contributed by atoms with Crippen LogP contribution in [0.1, 0.15) is 31.4 Å². The molecule has 2 amide bonds. The number of methoxy groups -OCH3 is 1. The lowest BCUT2D eigenvalue weighted by Gasteiger charge is -2.29. The Hall–Kier alpha value is -3.02. The summed E-state index contributed by atoms with van der Waals surface area (Å²) in [6, 6.07) is 14.4. The maximum Gasteiger partial charge on any atom is 0.261 e. The van der Waals surface area contributed by atoms with Gasteiger partial charge in [-0.25, -0.2) is 0 Å². The Labute approximate surface area is 172 Å². The highest BCUT2D eigenvalue weighted by atomic mass is 16.5. The van der Waals surface area contributed by atoms with Crippen LogP contribution in [0.4, 0.5) is 0 Å². The SMILES string of the molecule is CCCNC(=O)[C@@H](C)N(Cc1ccccc1C)C(=O)COc1ccccc1OC. The lowest BCUT2D eigenvalue weighted by atomic mass is 10.1. The number of amides is 2. The smallest absolute Gasteiger partial charge is 0.261 e. The molecule has 29 heavy (non-hydrogen) atoms. The fraction of sp³-hybridized carbons (Fsp3) is 0.391. The van der Waals surface area contributed by atoms with Gasteiger partial charge in [0.1, 0.15) is 6.04 Å². The first kappa shape index (κ1) is 22.3. The summed E-state index contributed by atoms with van der Waals surface area (Å²) in [5.41, 5.74) is 2.06. The van der Waals surface area contributed by atoms with Crippen molar-refractivity contribution in [2.24, 2.45) is 0 Å². The van der Waals surface area contributed by atoms with Gasteiger partial charge in [-0.15, -0.1) is 0 Å². The first-order chi connectivity index (χ1) is 14.0. The molecule has 0 unspecified atom stereocenters. The number of nitrogens with one attached hydrogen (secondary N) is 1. The maximum absolute atomic E-state index is 13.0. The monoisotopic (exact) mass is 398 g/mol. The van der Waals surface area contributed by atoms with Crippen molar-refractivity contribution < 1.29 is 19.1 Å². The van der Waals surface area contributed by atoms with Crippen molar-refractivity contribution in [1.82, 2.24) is 10.2 Å². The minimum absolute atomic E-state index is 0.175. The van der Waals surface area contributed by atoms with Gasteiger partial charge in [0.15, 0.2) is 18.1 Å². The number of benzene rings is 2. The summed E-state index contributed by atoms with van der Waals surface area (Å²) < 4.78 is 11.0. The van der Waals surface area contributed by atoms with Crippen molar-refractivity contribution in [3.05, 3.63) is 59.7 Å². The number of carbonyl (C=O) groups is 2. The van der Waals surface area contributed by atoms with E-state index in [1.807, 2.05) is 50.2 Å². The van der Waals surface area contributed by atoms with Gasteiger partial charge in [0.05, 0.1) is 7.11 Å². The van der Waals surface area contributed by atoms with Crippen LogP contribution in [0.25, 0.3) is 0 Å². The molecule has 1 atom stereocenters. The maximum atomic E-state index is 13.0. The fourth-order valence-electron chi connectivity index (χ4n) is 2.91. The molecule has 156 valence electrons. The van der Waals surface area contributed by atoms with E-state index in [4.69, 9.17) is 9.47 Å². The van der Waals surface area contributed by atoms with E-state index in [0.717, 1.165) is 17.5 Å². The van der Waals surface area contributed by atoms with Crippen LogP contribution < -0.4 is 14.8 Å². The van der Waals surface area contributed by atoms with Gasteiger partial charge in [-0.3, -0.25) is 9.59 Å². The fourth-order valence-corrected chi connectivity index (χ4v) is 2.91. The zero-order valence-electron chi connectivity index (χ0n) is 17.6. The predicted octanol–water partition coefficient (Wildman–Crippen LogP) is 3.33. The van der Waals surface area contributed by atoms with Gasteiger partial charge in [-0.1, -0.05) is 43.3 Å². The molecule has 0 radical (unpaired) electrons. The van der Waals surface area contributed by atoms with Gasteiger partial charge in [0.2, 0.25) is 5.91 Å². The van der Waals surface area contributed by atoms with Gasteiger partial charge in [0, 0.05) is 13.1 Å². The molecule has 0 fully saturated rings. The molecule has 1 N–H and O–H groups in total. The molecule has 0 aliphatic heterocycles. The third-order valence-corrected chi connectivity index (χ3v) is 4.74. The predicted molar refractivity (Wildman–Crippen MR) is 113 cm³/mol. The number of nitrogens with zero attached hydrogens (tertiary/aromatic N) is 1. The van der Waals surface area contributed by atoms with E-state index in [0.29, 0.717) is 24.6 Å². The number of hydrogen-bond donors (Lipinski definition) is 1. The molecule has 2 rings (SSSR count). The highest BCUT2D eigenvalue weighted by Crippen LogP contribution is 2.26. The normalized spacial score (nSPS) is 11.4. The molecule has 0 saturated heterocycles. The van der Waals surface area contributed by atoms with E-state index >= 15 is 0 Å². The van der Waals surface area contributed by atoms with E-state index in [2.05, 4.69) is 5.32 Å². The van der Waals surface area contributed by atoms with Crippen molar-refractivity contribution >= 4 is 11.8 Å². The third-order valence-electron chi connectivity index (χ3n) is 4.74. The Morgan fingerprint density at radius 2 is 1.72 bits per heavy atom. The van der Waals surface area contributed by atoms with Crippen LogP contribution in [0.3, 0.4) is 0 Å². The minimum atomic E-state index is -0.616. The van der Waals surface area contributed by atoms with Crippen LogP contribution in [-0.4, -0.2) is 43.0 Å². The van der Waals surface area contributed by atoms with Gasteiger partial charge in [0.25, 0.3) is 5.91 Å². The lowest BCUT2D eigenvalue weighted by molar-refractivity contribution is -0.142. The van der Waals surface area contributed by atoms with Crippen LogP contribution in [-0.2, 0) is 16.1 Å². The first-order valence-electron chi connectivity index (χ1n) is 9.85. The van der Waals surface area contributed by atoms with E-state index in [9.17, 15) is 9.59 Å². The molecule has 0 spiro atoms. The second-order valence-electron chi connectivity index (χ2n) is 6.85. The second kappa shape index (κ2) is 11.1. The number of rotatable bonds is 10. The summed E-state index contributed by atoms with van der Waals surface area (Å²) in [5.74, 6) is 0.603. The average molecular weight is 399 g/mol. The minimum Gasteiger partial charge on any atom is -0.493 e. The van der Waals surface area contributed by atoms with Crippen LogP contribution in [0.15, 0.2) is 48.5 Å². The van der Waals surface area contributed by atoms with Gasteiger partial charge in [-0.05, 0) is 43.5 Å². The summed E-state index contributed by atoms with van der Waals surface area (Å²) >= 11 is 0. The number of para-hydroxylation sites is 2. The van der Waals surface area contributed by atoms with Gasteiger partial charge < -0.3 is 19.7 Å². The van der Waals surface area contributed by atoms with E-state index in [-0.39, 0.29) is 18.4 Å². The molecule has 0 saturated carbocycles. The van der Waals surface area contributed by atoms with Crippen molar-refractivity contribution in [2.75, 3.05) is 20.3 Å². The molecular weight excluding hydrogens is 368 g/mol. The third kappa shape index (κ3) is 6.24. The second-order valence-corrected chi connectivity index (χ2v) is 6.85. The zero-order chi connectivity index (χ0) is 21.2. The first-order valence-corrected chi connectivity index (χ1v) is 9.85. The summed E-state index contributed by atoms with van der Waals surface area (Å²) in [5, 5.41) is 2.87. The average Bonchev–Trinajstić information content (AvgIpc) is 2.74. The summed E-state index contributed by atoms with van der Waals surface area (Å²) in [6.45, 7) is 6.45. The summed E-state index contributed by atoms with van der Waals surface area (Å²) in [7, 11) is 1.55. The lowest BCUT2D eigenvalue weighted by Crippen LogP contribution is -2.49. The molecular formula is C23H30N2O4. The molecule has 0 aliphatic rings. The van der Waals surface area contributed by atoms with E-state index < -0.39 is 6.04 Å². The molecule has 0 heterocycles. The number of aryl methyl sites for hydroxylation is 1. The highest BCUT2D eigenvalue weighted by Gasteiger charge is 2.26. The molecule has 0 aromatic heterocycles. The van der Waals surface area contributed by atoms with Crippen LogP contribution in [0.5, 0.6) is 11.5 Å². The number of hydrogen-bond acceptors (Lipinski definition) is 4. The van der Waals surface area contributed by atoms with Gasteiger partial charge >= 0.3 is 0 Å². The van der Waals surface area contributed by atoms with Crippen molar-refractivity contribution in [3.8, 4) is 11.5 Å². The topological polar surface area (TPSA) is 67.9 Å². The molecule has 0 bridgehead atoms. The molecule has 6 heteroatoms. The van der Waals surface area contributed by atoms with E-state index in [1.54, 1.807) is 31.1 Å². The molecule has 2 aromatic rings. The Balaban J connectivity index is 2.17. The standard InChI is InChI=1S/C23H30N2O4/c1-5-14-24-23(27)18(3)25(15-19-11-7-6-10-17(19)2)22(26)16-29-21-13-9-8-12-20(21)28-4/h6-13,18H,5,14-16H2,1-4H3,(H,24,27)/t18-/m1/s1. The Bertz CT molecular complexity index is 822. The largest absolute Gasteiger partial charge is 0.493 e. The summed E-state index contributed by atoms with van der Waals surface area (Å²) in [4.78, 5) is 27.1. The van der Waals surface area contributed by atoms with Gasteiger partial charge in [-0.2, -0.15) is 0 Å². The molecule has 6 nitrogen and oxygen atoms in total. The molecule has 2 aromatic carbocycles.